The van der Waals surface area contributed by atoms with E-state index in [1.165, 1.54) is 6.07 Å². The van der Waals surface area contributed by atoms with Crippen LogP contribution in [-0.2, 0) is 6.42 Å². The standard InChI is InChI=1S/C20H18BrFN2O/c1-13(2)18-12-17(22)8-6-15(18)7-9-19-23-24-20(25-19)11-14-4-3-5-16(21)10-14/h3-10,12-13H,11H2,1-2H3/b9-7+. The maximum absolute atomic E-state index is 13.4. The third kappa shape index (κ3) is 4.63. The van der Waals surface area contributed by atoms with Gasteiger partial charge in [-0.05, 0) is 52.9 Å². The van der Waals surface area contributed by atoms with Gasteiger partial charge in [0.25, 0.3) is 0 Å². The van der Waals surface area contributed by atoms with E-state index >= 15 is 0 Å². The van der Waals surface area contributed by atoms with Crippen molar-refractivity contribution in [2.24, 2.45) is 0 Å². The fourth-order valence-electron chi connectivity index (χ4n) is 2.59. The SMILES string of the molecule is CC(C)c1cc(F)ccc1/C=C/c1nnc(Cc2cccc(Br)c2)o1. The van der Waals surface area contributed by atoms with Crippen molar-refractivity contribution in [3.63, 3.8) is 0 Å². The van der Waals surface area contributed by atoms with E-state index in [0.717, 1.165) is 21.2 Å². The molecule has 0 amide bonds. The van der Waals surface area contributed by atoms with Gasteiger partial charge in [-0.3, -0.25) is 0 Å². The minimum absolute atomic E-state index is 0.227. The van der Waals surface area contributed by atoms with E-state index in [9.17, 15) is 4.39 Å². The second kappa shape index (κ2) is 7.74. The highest BCUT2D eigenvalue weighted by molar-refractivity contribution is 9.10. The van der Waals surface area contributed by atoms with Gasteiger partial charge >= 0.3 is 0 Å². The zero-order chi connectivity index (χ0) is 17.8. The molecule has 0 fully saturated rings. The van der Waals surface area contributed by atoms with Gasteiger partial charge in [0.1, 0.15) is 5.82 Å². The summed E-state index contributed by atoms with van der Waals surface area (Å²) in [6, 6.07) is 12.8. The molecule has 0 bridgehead atoms. The second-order valence-electron chi connectivity index (χ2n) is 6.10. The van der Waals surface area contributed by atoms with Gasteiger partial charge in [0.2, 0.25) is 11.8 Å². The van der Waals surface area contributed by atoms with Crippen molar-refractivity contribution in [2.75, 3.05) is 0 Å². The summed E-state index contributed by atoms with van der Waals surface area (Å²) in [6.07, 6.45) is 4.22. The topological polar surface area (TPSA) is 38.9 Å². The zero-order valence-corrected chi connectivity index (χ0v) is 15.6. The van der Waals surface area contributed by atoms with Gasteiger partial charge in [-0.15, -0.1) is 10.2 Å². The number of halogens is 2. The average Bonchev–Trinajstić information content (AvgIpc) is 3.01. The lowest BCUT2D eigenvalue weighted by Gasteiger charge is -2.09. The highest BCUT2D eigenvalue weighted by Gasteiger charge is 2.08. The van der Waals surface area contributed by atoms with Crippen LogP contribution in [0.2, 0.25) is 0 Å². The molecule has 0 saturated carbocycles. The highest BCUT2D eigenvalue weighted by atomic mass is 79.9. The van der Waals surface area contributed by atoms with Crippen molar-refractivity contribution < 1.29 is 8.81 Å². The summed E-state index contributed by atoms with van der Waals surface area (Å²) in [4.78, 5) is 0. The molecule has 0 spiro atoms. The lowest BCUT2D eigenvalue weighted by molar-refractivity contribution is 0.496. The molecule has 3 aromatic rings. The molecule has 0 N–H and O–H groups in total. The first-order valence-corrected chi connectivity index (χ1v) is 8.85. The van der Waals surface area contributed by atoms with Gasteiger partial charge in [-0.25, -0.2) is 4.39 Å². The fraction of sp³-hybridized carbons (Fsp3) is 0.200. The van der Waals surface area contributed by atoms with Crippen LogP contribution in [0.25, 0.3) is 12.2 Å². The molecule has 0 unspecified atom stereocenters. The molecule has 1 aromatic heterocycles. The van der Waals surface area contributed by atoms with Crippen LogP contribution in [0.15, 0.2) is 51.4 Å². The lowest BCUT2D eigenvalue weighted by atomic mass is 9.97. The number of rotatable bonds is 5. The molecule has 0 saturated heterocycles. The molecule has 1 heterocycles. The molecule has 3 nitrogen and oxygen atoms in total. The van der Waals surface area contributed by atoms with Crippen molar-refractivity contribution >= 4 is 28.1 Å². The van der Waals surface area contributed by atoms with Crippen LogP contribution in [0, 0.1) is 5.82 Å². The highest BCUT2D eigenvalue weighted by Crippen LogP contribution is 2.23. The van der Waals surface area contributed by atoms with Crippen LogP contribution in [0.3, 0.4) is 0 Å². The maximum Gasteiger partial charge on any atom is 0.240 e. The maximum atomic E-state index is 13.4. The van der Waals surface area contributed by atoms with Gasteiger partial charge < -0.3 is 4.42 Å². The molecule has 25 heavy (non-hydrogen) atoms. The molecule has 128 valence electrons. The third-order valence-corrected chi connectivity index (χ3v) is 4.30. The van der Waals surface area contributed by atoms with Crippen LogP contribution >= 0.6 is 15.9 Å². The Balaban J connectivity index is 1.76. The van der Waals surface area contributed by atoms with Crippen LogP contribution in [-0.4, -0.2) is 10.2 Å². The van der Waals surface area contributed by atoms with E-state index in [-0.39, 0.29) is 11.7 Å². The molecular weight excluding hydrogens is 383 g/mol. The van der Waals surface area contributed by atoms with E-state index in [1.54, 1.807) is 18.2 Å². The summed E-state index contributed by atoms with van der Waals surface area (Å²) in [5.74, 6) is 0.991. The number of hydrogen-bond donors (Lipinski definition) is 0. The summed E-state index contributed by atoms with van der Waals surface area (Å²) >= 11 is 3.45. The molecule has 0 atom stereocenters. The number of nitrogens with zero attached hydrogens (tertiary/aromatic N) is 2. The van der Waals surface area contributed by atoms with Gasteiger partial charge in [0, 0.05) is 10.5 Å². The third-order valence-electron chi connectivity index (χ3n) is 3.80. The Morgan fingerprint density at radius 3 is 2.72 bits per heavy atom. The number of benzene rings is 2. The molecule has 0 aliphatic rings. The van der Waals surface area contributed by atoms with Crippen LogP contribution in [0.5, 0.6) is 0 Å². The second-order valence-corrected chi connectivity index (χ2v) is 7.02. The van der Waals surface area contributed by atoms with Crippen molar-refractivity contribution in [1.29, 1.82) is 0 Å². The van der Waals surface area contributed by atoms with Crippen LogP contribution in [0.1, 0.15) is 48.2 Å². The first-order chi connectivity index (χ1) is 12.0. The summed E-state index contributed by atoms with van der Waals surface area (Å²) in [5, 5.41) is 8.13. The number of hydrogen-bond acceptors (Lipinski definition) is 3. The zero-order valence-electron chi connectivity index (χ0n) is 14.0. The first kappa shape index (κ1) is 17.5. The van der Waals surface area contributed by atoms with Crippen LogP contribution < -0.4 is 0 Å². The molecular formula is C20H18BrFN2O. The molecule has 3 rings (SSSR count). The van der Waals surface area contributed by atoms with Crippen LogP contribution in [0.4, 0.5) is 4.39 Å². The summed E-state index contributed by atoms with van der Waals surface area (Å²) in [7, 11) is 0. The quantitative estimate of drug-likeness (QED) is 0.538. The van der Waals surface area contributed by atoms with Crippen molar-refractivity contribution in [2.45, 2.75) is 26.2 Å². The molecule has 0 radical (unpaired) electrons. The summed E-state index contributed by atoms with van der Waals surface area (Å²) < 4.78 is 20.1. The Kier molecular flexibility index (Phi) is 5.43. The van der Waals surface area contributed by atoms with Gasteiger partial charge in [-0.2, -0.15) is 0 Å². The van der Waals surface area contributed by atoms with E-state index < -0.39 is 0 Å². The molecule has 0 aliphatic carbocycles. The van der Waals surface area contributed by atoms with Gasteiger partial charge in [0.15, 0.2) is 0 Å². The Morgan fingerprint density at radius 1 is 1.12 bits per heavy atom. The predicted octanol–water partition coefficient (Wildman–Crippen LogP) is 5.86. The first-order valence-electron chi connectivity index (χ1n) is 8.05. The van der Waals surface area contributed by atoms with E-state index in [1.807, 2.05) is 44.2 Å². The lowest BCUT2D eigenvalue weighted by Crippen LogP contribution is -1.93. The van der Waals surface area contributed by atoms with Crippen molar-refractivity contribution in [3.8, 4) is 0 Å². The van der Waals surface area contributed by atoms with E-state index in [2.05, 4.69) is 26.1 Å². The Labute approximate surface area is 154 Å². The molecule has 0 aliphatic heterocycles. The smallest absolute Gasteiger partial charge is 0.240 e. The van der Waals surface area contributed by atoms with Gasteiger partial charge in [0.05, 0.1) is 6.42 Å². The predicted molar refractivity (Wildman–Crippen MR) is 101 cm³/mol. The Hall–Kier alpha value is -2.27. The Morgan fingerprint density at radius 2 is 1.96 bits per heavy atom. The van der Waals surface area contributed by atoms with Gasteiger partial charge in [-0.1, -0.05) is 48.0 Å². The van der Waals surface area contributed by atoms with E-state index in [4.69, 9.17) is 4.42 Å². The average molecular weight is 401 g/mol. The Bertz CT molecular complexity index is 902. The minimum atomic E-state index is -0.227. The summed E-state index contributed by atoms with van der Waals surface area (Å²) in [5.41, 5.74) is 2.99. The van der Waals surface area contributed by atoms with Crippen molar-refractivity contribution in [1.82, 2.24) is 10.2 Å². The minimum Gasteiger partial charge on any atom is -0.421 e. The molecule has 2 aromatic carbocycles. The monoisotopic (exact) mass is 400 g/mol. The number of aromatic nitrogens is 2. The summed E-state index contributed by atoms with van der Waals surface area (Å²) in [6.45, 7) is 4.07. The normalized spacial score (nSPS) is 11.6. The van der Waals surface area contributed by atoms with E-state index in [0.29, 0.717) is 18.2 Å². The van der Waals surface area contributed by atoms with Crippen molar-refractivity contribution in [3.05, 3.63) is 81.2 Å². The molecule has 5 heteroatoms. The largest absolute Gasteiger partial charge is 0.421 e. The fourth-order valence-corrected chi connectivity index (χ4v) is 3.03.